The van der Waals surface area contributed by atoms with Crippen LogP contribution in [0.2, 0.25) is 0 Å². The van der Waals surface area contributed by atoms with Crippen LogP contribution in [0, 0.1) is 18.7 Å². The minimum Gasteiger partial charge on any atom is -0.310 e. The Morgan fingerprint density at radius 2 is 1.89 bits per heavy atom. The summed E-state index contributed by atoms with van der Waals surface area (Å²) < 4.78 is 13.2. The van der Waals surface area contributed by atoms with E-state index in [-0.39, 0.29) is 5.82 Å². The van der Waals surface area contributed by atoms with Gasteiger partial charge in [0.05, 0.1) is 0 Å². The fourth-order valence-corrected chi connectivity index (χ4v) is 3.07. The monoisotopic (exact) mass is 263 g/mol. The quantitative estimate of drug-likeness (QED) is 0.784. The van der Waals surface area contributed by atoms with Crippen molar-refractivity contribution in [2.75, 3.05) is 0 Å². The van der Waals surface area contributed by atoms with Crippen LogP contribution < -0.4 is 5.32 Å². The summed E-state index contributed by atoms with van der Waals surface area (Å²) in [7, 11) is 0. The Labute approximate surface area is 116 Å². The van der Waals surface area contributed by atoms with Crippen LogP contribution in [0.4, 0.5) is 4.39 Å². The van der Waals surface area contributed by atoms with Crippen LogP contribution in [0.15, 0.2) is 18.2 Å². The Balaban J connectivity index is 1.84. The van der Waals surface area contributed by atoms with Gasteiger partial charge >= 0.3 is 0 Å². The van der Waals surface area contributed by atoms with E-state index in [1.165, 1.54) is 44.1 Å². The van der Waals surface area contributed by atoms with Crippen LogP contribution in [0.25, 0.3) is 0 Å². The number of aryl methyl sites for hydroxylation is 1. The molecule has 2 rings (SSSR count). The van der Waals surface area contributed by atoms with Crippen molar-refractivity contribution < 1.29 is 4.39 Å². The third-order valence-electron chi connectivity index (χ3n) is 4.46. The second kappa shape index (κ2) is 7.04. The summed E-state index contributed by atoms with van der Waals surface area (Å²) >= 11 is 0. The van der Waals surface area contributed by atoms with Crippen molar-refractivity contribution in [1.29, 1.82) is 0 Å². The maximum Gasteiger partial charge on any atom is 0.126 e. The van der Waals surface area contributed by atoms with Crippen molar-refractivity contribution in [3.63, 3.8) is 0 Å². The van der Waals surface area contributed by atoms with E-state index in [9.17, 15) is 4.39 Å². The minimum absolute atomic E-state index is 0.111. The minimum atomic E-state index is -0.111. The molecule has 1 aromatic rings. The predicted octanol–water partition coefficient (Wildman–Crippen LogP) is 4.58. The van der Waals surface area contributed by atoms with E-state index >= 15 is 0 Å². The third-order valence-corrected chi connectivity index (χ3v) is 4.46. The Kier molecular flexibility index (Phi) is 5.38. The van der Waals surface area contributed by atoms with E-state index < -0.39 is 0 Å². The summed E-state index contributed by atoms with van der Waals surface area (Å²) in [5.74, 6) is 0.699. The first kappa shape index (κ1) is 14.5. The molecule has 2 heteroatoms. The number of hydrogen-bond acceptors (Lipinski definition) is 1. The Bertz CT molecular complexity index is 394. The number of rotatable bonds is 4. The first-order valence-electron chi connectivity index (χ1n) is 7.65. The zero-order chi connectivity index (χ0) is 13.7. The van der Waals surface area contributed by atoms with Crippen molar-refractivity contribution in [3.05, 3.63) is 35.1 Å². The molecule has 0 bridgehead atoms. The van der Waals surface area contributed by atoms with Crippen molar-refractivity contribution in [1.82, 2.24) is 5.32 Å². The van der Waals surface area contributed by atoms with Crippen LogP contribution in [0.3, 0.4) is 0 Å². The topological polar surface area (TPSA) is 12.0 Å². The molecule has 1 aliphatic carbocycles. The first-order chi connectivity index (χ1) is 9.16. The second-order valence-electron chi connectivity index (χ2n) is 6.00. The molecule has 1 nitrogen and oxygen atoms in total. The van der Waals surface area contributed by atoms with Gasteiger partial charge in [0, 0.05) is 12.6 Å². The molecule has 0 aromatic heterocycles. The van der Waals surface area contributed by atoms with Gasteiger partial charge in [0.25, 0.3) is 0 Å². The lowest BCUT2D eigenvalue weighted by Gasteiger charge is -2.23. The zero-order valence-corrected chi connectivity index (χ0v) is 12.2. The lowest BCUT2D eigenvalue weighted by Crippen LogP contribution is -2.32. The van der Waals surface area contributed by atoms with Crippen molar-refractivity contribution in [2.45, 2.75) is 65.0 Å². The van der Waals surface area contributed by atoms with Crippen molar-refractivity contribution >= 4 is 0 Å². The van der Waals surface area contributed by atoms with Crippen LogP contribution in [0.5, 0.6) is 0 Å². The van der Waals surface area contributed by atoms with E-state index in [1.807, 2.05) is 19.1 Å². The number of benzene rings is 1. The van der Waals surface area contributed by atoms with Gasteiger partial charge in [0.15, 0.2) is 0 Å². The van der Waals surface area contributed by atoms with Crippen molar-refractivity contribution in [2.24, 2.45) is 5.92 Å². The van der Waals surface area contributed by atoms with E-state index in [2.05, 4.69) is 12.2 Å². The maximum absolute atomic E-state index is 13.2. The van der Waals surface area contributed by atoms with Gasteiger partial charge in [-0.25, -0.2) is 4.39 Å². The van der Waals surface area contributed by atoms with E-state index in [1.54, 1.807) is 6.07 Å². The van der Waals surface area contributed by atoms with Crippen LogP contribution in [0.1, 0.15) is 56.6 Å². The van der Waals surface area contributed by atoms with Gasteiger partial charge in [-0.1, -0.05) is 37.8 Å². The fraction of sp³-hybridized carbons (Fsp3) is 0.647. The molecule has 0 radical (unpaired) electrons. The molecule has 1 saturated carbocycles. The highest BCUT2D eigenvalue weighted by Gasteiger charge is 2.18. The first-order valence-corrected chi connectivity index (χ1v) is 7.65. The SMILES string of the molecule is Cc1cc(CN[C@@H](C)C2CCCCCC2)ccc1F. The average Bonchev–Trinajstić information content (AvgIpc) is 2.69. The molecule has 0 saturated heterocycles. The molecule has 19 heavy (non-hydrogen) atoms. The van der Waals surface area contributed by atoms with Gasteiger partial charge < -0.3 is 5.32 Å². The number of nitrogens with one attached hydrogen (secondary N) is 1. The summed E-state index contributed by atoms with van der Waals surface area (Å²) in [4.78, 5) is 0. The Hall–Kier alpha value is -0.890. The summed E-state index contributed by atoms with van der Waals surface area (Å²) in [5.41, 5.74) is 1.92. The summed E-state index contributed by atoms with van der Waals surface area (Å²) in [5, 5.41) is 3.62. The van der Waals surface area contributed by atoms with Crippen molar-refractivity contribution in [3.8, 4) is 0 Å². The fourth-order valence-electron chi connectivity index (χ4n) is 3.07. The maximum atomic E-state index is 13.2. The van der Waals surface area contributed by atoms with Crippen LogP contribution >= 0.6 is 0 Å². The van der Waals surface area contributed by atoms with E-state index in [0.29, 0.717) is 6.04 Å². The summed E-state index contributed by atoms with van der Waals surface area (Å²) in [6, 6.07) is 5.96. The molecule has 0 aliphatic heterocycles. The summed E-state index contributed by atoms with van der Waals surface area (Å²) in [6.45, 7) is 4.97. The molecule has 1 aromatic carbocycles. The number of halogens is 1. The van der Waals surface area contributed by atoms with Gasteiger partial charge in [-0.15, -0.1) is 0 Å². The number of hydrogen-bond donors (Lipinski definition) is 1. The molecular weight excluding hydrogens is 237 g/mol. The molecule has 1 fully saturated rings. The average molecular weight is 263 g/mol. The Morgan fingerprint density at radius 1 is 1.21 bits per heavy atom. The van der Waals surface area contributed by atoms with Gasteiger partial charge in [0.1, 0.15) is 5.82 Å². The standard InChI is InChI=1S/C17H26FN/c1-13-11-15(9-10-17(13)18)12-19-14(2)16-7-5-3-4-6-8-16/h9-11,14,16,19H,3-8,12H2,1-2H3/t14-/m0/s1. The van der Waals surface area contributed by atoms with Crippen LogP contribution in [-0.4, -0.2) is 6.04 Å². The highest BCUT2D eigenvalue weighted by molar-refractivity contribution is 5.23. The smallest absolute Gasteiger partial charge is 0.126 e. The lowest BCUT2D eigenvalue weighted by atomic mass is 9.93. The largest absolute Gasteiger partial charge is 0.310 e. The Morgan fingerprint density at radius 3 is 2.53 bits per heavy atom. The predicted molar refractivity (Wildman–Crippen MR) is 78.6 cm³/mol. The van der Waals surface area contributed by atoms with E-state index in [4.69, 9.17) is 0 Å². The molecule has 1 N–H and O–H groups in total. The zero-order valence-electron chi connectivity index (χ0n) is 12.2. The van der Waals surface area contributed by atoms with Gasteiger partial charge in [-0.2, -0.15) is 0 Å². The van der Waals surface area contributed by atoms with Gasteiger partial charge in [0.2, 0.25) is 0 Å². The van der Waals surface area contributed by atoms with Gasteiger partial charge in [-0.05, 0) is 49.8 Å². The molecule has 1 aliphatic rings. The van der Waals surface area contributed by atoms with E-state index in [0.717, 1.165) is 18.0 Å². The second-order valence-corrected chi connectivity index (χ2v) is 6.00. The summed E-state index contributed by atoms with van der Waals surface area (Å²) in [6.07, 6.45) is 8.28. The highest BCUT2D eigenvalue weighted by Crippen LogP contribution is 2.25. The normalized spacial score (nSPS) is 19.1. The third kappa shape index (κ3) is 4.31. The molecule has 106 valence electrons. The molecular formula is C17H26FN. The molecule has 0 unspecified atom stereocenters. The molecule has 0 spiro atoms. The molecule has 1 atom stereocenters. The molecule has 0 amide bonds. The van der Waals surface area contributed by atoms with Crippen LogP contribution in [-0.2, 0) is 6.54 Å². The highest BCUT2D eigenvalue weighted by atomic mass is 19.1. The van der Waals surface area contributed by atoms with Gasteiger partial charge in [-0.3, -0.25) is 0 Å². The lowest BCUT2D eigenvalue weighted by molar-refractivity contribution is 0.336. The molecule has 0 heterocycles.